The van der Waals surface area contributed by atoms with Gasteiger partial charge in [-0.3, -0.25) is 4.90 Å². The second kappa shape index (κ2) is 12.3. The molecular weight excluding hydrogens is 382 g/mol. The number of amides is 2. The van der Waals surface area contributed by atoms with E-state index in [-0.39, 0.29) is 70.4 Å². The molecule has 2 N–H and O–H groups in total. The summed E-state index contributed by atoms with van der Waals surface area (Å²) in [7, 11) is 0. The third-order valence-electron chi connectivity index (χ3n) is 3.76. The van der Waals surface area contributed by atoms with E-state index < -0.39 is 24.5 Å². The molecule has 2 rings (SSSR count). The fraction of sp³-hybridized carbons (Fsp3) is 0.211. The molecule has 0 saturated heterocycles. The Labute approximate surface area is 207 Å². The summed E-state index contributed by atoms with van der Waals surface area (Å²) in [5.74, 6) is -2.24. The number of nitrogens with zero attached hydrogens (tertiary/aromatic N) is 1. The van der Waals surface area contributed by atoms with Crippen molar-refractivity contribution in [2.75, 3.05) is 16.8 Å². The number of carboxylic acid groups (broad SMARTS) is 2. The quantitative estimate of drug-likeness (QED) is 0.485. The molecule has 2 aromatic carbocycles. The molecule has 0 heterocycles. The van der Waals surface area contributed by atoms with E-state index in [0.29, 0.717) is 11.6 Å². The Morgan fingerprint density at radius 1 is 1.07 bits per heavy atom. The zero-order valence-corrected chi connectivity index (χ0v) is 20.4. The molecule has 28 heavy (non-hydrogen) atoms. The molecule has 0 atom stereocenters. The van der Waals surface area contributed by atoms with Crippen LogP contribution in [0.2, 0.25) is 0 Å². The minimum absolute atomic E-state index is 0. The molecule has 2 aromatic rings. The largest absolute Gasteiger partial charge is 1.00 e. The second-order valence-electron chi connectivity index (χ2n) is 6.02. The maximum Gasteiger partial charge on any atom is 1.00 e. The smallest absolute Gasteiger partial charge is 0.548 e. The summed E-state index contributed by atoms with van der Waals surface area (Å²) in [4.78, 5) is 35.6. The first-order valence-electron chi connectivity index (χ1n) is 7.99. The van der Waals surface area contributed by atoms with Crippen molar-refractivity contribution in [1.82, 2.24) is 0 Å². The van der Waals surface area contributed by atoms with Crippen molar-refractivity contribution < 1.29 is 83.7 Å². The van der Waals surface area contributed by atoms with Crippen LogP contribution in [0.1, 0.15) is 35.7 Å². The molecule has 0 aliphatic carbocycles. The van der Waals surface area contributed by atoms with Crippen LogP contribution in [0, 0.1) is 0 Å². The normalized spacial score (nSPS) is 9.68. The van der Waals surface area contributed by atoms with Gasteiger partial charge in [-0.1, -0.05) is 32.0 Å². The molecular formula is C19H19N2Na2O5+. The van der Waals surface area contributed by atoms with Crippen molar-refractivity contribution in [3.05, 3.63) is 59.7 Å². The molecule has 0 saturated carbocycles. The Morgan fingerprint density at radius 2 is 1.68 bits per heavy atom. The minimum Gasteiger partial charge on any atom is -0.548 e. The number of hydrogen-bond donors (Lipinski definition) is 2. The standard InChI is InChI=1S/C19H20N2O5.2Na/c1-12(2)13-6-8-16(9-7-13)21(11-17(22)23)19(26)20-15-5-3-4-14(10-15)18(24)25;;/h3-10,12H,11H2,1-2H3,(H,20,26)(H,22,23)(H,24,25);;/q;2*+1/p-1. The van der Waals surface area contributed by atoms with Crippen LogP contribution in [0.25, 0.3) is 0 Å². The molecule has 0 aliphatic rings. The van der Waals surface area contributed by atoms with Gasteiger partial charge in [0.15, 0.2) is 0 Å². The van der Waals surface area contributed by atoms with Crippen molar-refractivity contribution >= 4 is 29.3 Å². The van der Waals surface area contributed by atoms with Crippen LogP contribution in [0.5, 0.6) is 0 Å². The first-order valence-corrected chi connectivity index (χ1v) is 7.99. The fourth-order valence-electron chi connectivity index (χ4n) is 2.37. The Bertz CT molecular complexity index is 825. The van der Waals surface area contributed by atoms with E-state index >= 15 is 0 Å². The molecule has 0 radical (unpaired) electrons. The Hall–Kier alpha value is -1.35. The molecule has 0 aromatic heterocycles. The summed E-state index contributed by atoms with van der Waals surface area (Å²) in [5.41, 5.74) is 1.70. The van der Waals surface area contributed by atoms with Gasteiger partial charge in [0, 0.05) is 11.4 Å². The minimum atomic E-state index is -1.41. The number of benzene rings is 2. The van der Waals surface area contributed by atoms with Gasteiger partial charge in [0.1, 0.15) is 0 Å². The SMILES string of the molecule is CC(C)c1ccc(N(CC(=O)[O-])C(=O)Nc2cccc(C(=O)O)c2)cc1.[Na+].[Na+]. The average Bonchev–Trinajstić information content (AvgIpc) is 2.59. The number of anilines is 2. The van der Waals surface area contributed by atoms with Crippen LogP contribution in [0.3, 0.4) is 0 Å². The van der Waals surface area contributed by atoms with Crippen LogP contribution in [-0.2, 0) is 4.79 Å². The predicted molar refractivity (Wildman–Crippen MR) is 95.3 cm³/mol. The van der Waals surface area contributed by atoms with Gasteiger partial charge in [-0.05, 0) is 41.8 Å². The van der Waals surface area contributed by atoms with Gasteiger partial charge in [0.2, 0.25) is 0 Å². The fourth-order valence-corrected chi connectivity index (χ4v) is 2.37. The van der Waals surface area contributed by atoms with E-state index in [0.717, 1.165) is 10.5 Å². The summed E-state index contributed by atoms with van der Waals surface area (Å²) in [6.07, 6.45) is 0. The number of rotatable bonds is 6. The average molecular weight is 401 g/mol. The predicted octanol–water partition coefficient (Wildman–Crippen LogP) is -3.70. The van der Waals surface area contributed by atoms with Gasteiger partial charge >= 0.3 is 71.1 Å². The van der Waals surface area contributed by atoms with Gasteiger partial charge in [0.05, 0.1) is 18.1 Å². The molecule has 2 amide bonds. The molecule has 0 unspecified atom stereocenters. The van der Waals surface area contributed by atoms with Gasteiger partial charge in [-0.25, -0.2) is 9.59 Å². The molecule has 7 nitrogen and oxygen atoms in total. The zero-order chi connectivity index (χ0) is 19.3. The monoisotopic (exact) mass is 401 g/mol. The third-order valence-corrected chi connectivity index (χ3v) is 3.76. The van der Waals surface area contributed by atoms with Crippen LogP contribution >= 0.6 is 0 Å². The number of carbonyl (C=O) groups is 3. The Morgan fingerprint density at radius 3 is 2.18 bits per heavy atom. The van der Waals surface area contributed by atoms with E-state index in [4.69, 9.17) is 5.11 Å². The van der Waals surface area contributed by atoms with E-state index in [1.54, 1.807) is 12.1 Å². The Balaban J connectivity index is 0.00000364. The maximum atomic E-state index is 12.5. The first kappa shape index (κ1) is 26.6. The van der Waals surface area contributed by atoms with Crippen molar-refractivity contribution in [2.24, 2.45) is 0 Å². The molecule has 0 spiro atoms. The topological polar surface area (TPSA) is 110 Å². The van der Waals surface area contributed by atoms with Gasteiger partial charge in [0.25, 0.3) is 0 Å². The molecule has 9 heteroatoms. The molecule has 136 valence electrons. The summed E-state index contributed by atoms with van der Waals surface area (Å²) >= 11 is 0. The maximum absolute atomic E-state index is 12.5. The van der Waals surface area contributed by atoms with Crippen LogP contribution < -0.4 is 74.4 Å². The van der Waals surface area contributed by atoms with Crippen molar-refractivity contribution in [1.29, 1.82) is 0 Å². The number of aromatic carboxylic acids is 1. The molecule has 0 fully saturated rings. The third kappa shape index (κ3) is 7.58. The van der Waals surface area contributed by atoms with E-state index in [2.05, 4.69) is 5.32 Å². The number of carbonyl (C=O) groups excluding carboxylic acids is 2. The number of carboxylic acids is 2. The van der Waals surface area contributed by atoms with Gasteiger partial charge in [-0.2, -0.15) is 0 Å². The number of hydrogen-bond acceptors (Lipinski definition) is 4. The summed E-state index contributed by atoms with van der Waals surface area (Å²) in [5, 5.41) is 22.6. The number of urea groups is 1. The molecule has 0 aliphatic heterocycles. The van der Waals surface area contributed by atoms with Gasteiger partial charge < -0.3 is 20.3 Å². The summed E-state index contributed by atoms with van der Waals surface area (Å²) < 4.78 is 0. The number of aliphatic carboxylic acids is 1. The van der Waals surface area contributed by atoms with Crippen LogP contribution in [-0.4, -0.2) is 29.6 Å². The van der Waals surface area contributed by atoms with E-state index in [1.165, 1.54) is 24.3 Å². The van der Waals surface area contributed by atoms with E-state index in [9.17, 15) is 19.5 Å². The Kier molecular flexibility index (Phi) is 11.7. The zero-order valence-electron chi connectivity index (χ0n) is 16.4. The van der Waals surface area contributed by atoms with Crippen LogP contribution in [0.4, 0.5) is 16.2 Å². The van der Waals surface area contributed by atoms with Crippen LogP contribution in [0.15, 0.2) is 48.5 Å². The summed E-state index contributed by atoms with van der Waals surface area (Å²) in [6.45, 7) is 3.41. The molecule has 0 bridgehead atoms. The van der Waals surface area contributed by atoms with Gasteiger partial charge in [-0.15, -0.1) is 0 Å². The van der Waals surface area contributed by atoms with E-state index in [1.807, 2.05) is 26.0 Å². The number of nitrogens with one attached hydrogen (secondary N) is 1. The first-order chi connectivity index (χ1) is 12.3. The van der Waals surface area contributed by atoms with Crippen molar-refractivity contribution in [2.45, 2.75) is 19.8 Å². The second-order valence-corrected chi connectivity index (χ2v) is 6.02. The van der Waals surface area contributed by atoms with Crippen molar-refractivity contribution in [3.8, 4) is 0 Å². The summed E-state index contributed by atoms with van der Waals surface area (Å²) in [6, 6.07) is 11.9. The van der Waals surface area contributed by atoms with Crippen molar-refractivity contribution in [3.63, 3.8) is 0 Å².